The van der Waals surface area contributed by atoms with E-state index in [1.165, 1.54) is 0 Å². The minimum atomic E-state index is -3.73. The van der Waals surface area contributed by atoms with E-state index in [-0.39, 0.29) is 0 Å². The molecule has 1 N–H and O–H groups in total. The van der Waals surface area contributed by atoms with Gasteiger partial charge in [0, 0.05) is 0 Å². The summed E-state index contributed by atoms with van der Waals surface area (Å²) in [6, 6.07) is 18.9. The molecular formula is C24H27NO2S. The molecule has 0 aliphatic heterocycles. The Morgan fingerprint density at radius 2 is 0.964 bits per heavy atom. The maximum Gasteiger partial charge on any atom is 0.241 e. The van der Waals surface area contributed by atoms with Crippen LogP contribution in [0.25, 0.3) is 0 Å². The number of sulfonamides is 1. The van der Waals surface area contributed by atoms with Gasteiger partial charge in [-0.1, -0.05) is 60.7 Å². The van der Waals surface area contributed by atoms with Crippen molar-refractivity contribution in [2.45, 2.75) is 45.6 Å². The lowest BCUT2D eigenvalue weighted by Gasteiger charge is -2.23. The third-order valence-corrected chi connectivity index (χ3v) is 7.43. The van der Waals surface area contributed by atoms with E-state index >= 15 is 0 Å². The minimum Gasteiger partial charge on any atom is -0.207 e. The zero-order valence-electron chi connectivity index (χ0n) is 17.1. The molecular weight excluding hydrogens is 366 g/mol. The molecule has 3 aromatic carbocycles. The van der Waals surface area contributed by atoms with E-state index in [4.69, 9.17) is 0 Å². The Balaban J connectivity index is 2.14. The molecule has 0 heterocycles. The van der Waals surface area contributed by atoms with Crippen LogP contribution in [0.3, 0.4) is 0 Å². The normalized spacial score (nSPS) is 11.8. The van der Waals surface area contributed by atoms with E-state index in [1.54, 1.807) is 0 Å². The molecule has 0 fully saturated rings. The van der Waals surface area contributed by atoms with Gasteiger partial charge in [0.25, 0.3) is 0 Å². The van der Waals surface area contributed by atoms with Crippen LogP contribution in [0, 0.1) is 34.6 Å². The van der Waals surface area contributed by atoms with Gasteiger partial charge in [0.05, 0.1) is 10.9 Å². The third kappa shape index (κ3) is 3.75. The number of benzene rings is 3. The lowest BCUT2D eigenvalue weighted by atomic mass is 9.95. The summed E-state index contributed by atoms with van der Waals surface area (Å²) >= 11 is 0. The first-order valence-electron chi connectivity index (χ1n) is 9.43. The highest BCUT2D eigenvalue weighted by Gasteiger charge is 2.27. The Morgan fingerprint density at radius 1 is 0.607 bits per heavy atom. The van der Waals surface area contributed by atoms with E-state index in [9.17, 15) is 8.42 Å². The summed E-state index contributed by atoms with van der Waals surface area (Å²) in [4.78, 5) is 0.393. The third-order valence-electron chi connectivity index (χ3n) is 5.74. The Hall–Kier alpha value is -2.43. The zero-order chi connectivity index (χ0) is 20.5. The number of rotatable bonds is 5. The monoisotopic (exact) mass is 393 g/mol. The molecule has 0 aliphatic carbocycles. The van der Waals surface area contributed by atoms with Crippen molar-refractivity contribution in [3.8, 4) is 0 Å². The molecule has 4 heteroatoms. The second-order valence-electron chi connectivity index (χ2n) is 7.33. The molecule has 0 amide bonds. The van der Waals surface area contributed by atoms with Crippen LogP contribution in [0.4, 0.5) is 0 Å². The summed E-state index contributed by atoms with van der Waals surface area (Å²) < 4.78 is 30.0. The summed E-state index contributed by atoms with van der Waals surface area (Å²) in [5.74, 6) is 0. The zero-order valence-corrected chi connectivity index (χ0v) is 17.9. The van der Waals surface area contributed by atoms with Crippen molar-refractivity contribution >= 4 is 10.0 Å². The minimum absolute atomic E-state index is 0.393. The predicted molar refractivity (Wildman–Crippen MR) is 115 cm³/mol. The van der Waals surface area contributed by atoms with Gasteiger partial charge in [-0.25, -0.2) is 8.42 Å². The molecule has 28 heavy (non-hydrogen) atoms. The van der Waals surface area contributed by atoms with E-state index in [0.717, 1.165) is 38.9 Å². The number of hydrogen-bond donors (Lipinski definition) is 1. The average molecular weight is 394 g/mol. The molecule has 0 unspecified atom stereocenters. The van der Waals surface area contributed by atoms with Gasteiger partial charge in [0.2, 0.25) is 10.0 Å². The first-order valence-corrected chi connectivity index (χ1v) is 10.9. The highest BCUT2D eigenvalue weighted by Crippen LogP contribution is 2.31. The SMILES string of the molecule is Cc1c(C)c(C)c(S(=O)(=O)NC(c2ccccc2)c2ccccc2)c(C)c1C. The summed E-state index contributed by atoms with van der Waals surface area (Å²) in [6.45, 7) is 9.81. The molecule has 3 nitrogen and oxygen atoms in total. The maximum atomic E-state index is 13.5. The van der Waals surface area contributed by atoms with Gasteiger partial charge in [-0.15, -0.1) is 0 Å². The van der Waals surface area contributed by atoms with Crippen LogP contribution in [0.5, 0.6) is 0 Å². The number of nitrogens with one attached hydrogen (secondary N) is 1. The highest BCUT2D eigenvalue weighted by atomic mass is 32.2. The standard InChI is InChI=1S/C24H27NO2S/c1-16-17(2)19(4)24(20(5)18(16)3)28(26,27)25-23(21-12-8-6-9-13-21)22-14-10-7-11-15-22/h6-15,23,25H,1-5H3. The fourth-order valence-electron chi connectivity index (χ4n) is 3.70. The van der Waals surface area contributed by atoms with E-state index in [2.05, 4.69) is 4.72 Å². The predicted octanol–water partition coefficient (Wildman–Crippen LogP) is 5.30. The van der Waals surface area contributed by atoms with Crippen LogP contribution < -0.4 is 4.72 Å². The van der Waals surface area contributed by atoms with Crippen LogP contribution >= 0.6 is 0 Å². The lowest BCUT2D eigenvalue weighted by Crippen LogP contribution is -2.31. The van der Waals surface area contributed by atoms with Crippen molar-refractivity contribution in [3.63, 3.8) is 0 Å². The fraction of sp³-hybridized carbons (Fsp3) is 0.250. The van der Waals surface area contributed by atoms with E-state index in [1.807, 2.05) is 95.3 Å². The molecule has 3 rings (SSSR count). The van der Waals surface area contributed by atoms with Gasteiger partial charge >= 0.3 is 0 Å². The van der Waals surface area contributed by atoms with Gasteiger partial charge in [0.15, 0.2) is 0 Å². The fourth-order valence-corrected chi connectivity index (χ4v) is 5.51. The average Bonchev–Trinajstić information content (AvgIpc) is 2.70. The molecule has 0 aromatic heterocycles. The molecule has 0 bridgehead atoms. The first kappa shape index (κ1) is 20.3. The van der Waals surface area contributed by atoms with Crippen LogP contribution in [0.15, 0.2) is 65.6 Å². The molecule has 146 valence electrons. The molecule has 0 aliphatic rings. The second kappa shape index (κ2) is 7.90. The van der Waals surface area contributed by atoms with Crippen LogP contribution in [-0.4, -0.2) is 8.42 Å². The molecule has 0 saturated heterocycles. The molecule has 3 aromatic rings. The van der Waals surface area contributed by atoms with Crippen molar-refractivity contribution < 1.29 is 8.42 Å². The molecule has 0 spiro atoms. The summed E-state index contributed by atoms with van der Waals surface area (Å²) in [5.41, 5.74) is 6.65. The van der Waals surface area contributed by atoms with Crippen molar-refractivity contribution in [2.75, 3.05) is 0 Å². The van der Waals surface area contributed by atoms with Gasteiger partial charge in [-0.2, -0.15) is 4.72 Å². The van der Waals surface area contributed by atoms with Gasteiger partial charge < -0.3 is 0 Å². The maximum absolute atomic E-state index is 13.5. The first-order chi connectivity index (χ1) is 13.2. The summed E-state index contributed by atoms with van der Waals surface area (Å²) in [7, 11) is -3.73. The number of hydrogen-bond acceptors (Lipinski definition) is 2. The Labute approximate surface area is 168 Å². The summed E-state index contributed by atoms with van der Waals surface area (Å²) in [5, 5.41) is 0. The van der Waals surface area contributed by atoms with Crippen molar-refractivity contribution in [1.29, 1.82) is 0 Å². The lowest BCUT2D eigenvalue weighted by molar-refractivity contribution is 0.570. The molecule has 0 saturated carbocycles. The van der Waals surface area contributed by atoms with Gasteiger partial charge in [-0.3, -0.25) is 0 Å². The van der Waals surface area contributed by atoms with Gasteiger partial charge in [0.1, 0.15) is 0 Å². The quantitative estimate of drug-likeness (QED) is 0.640. The van der Waals surface area contributed by atoms with Crippen LogP contribution in [0.2, 0.25) is 0 Å². The highest BCUT2D eigenvalue weighted by molar-refractivity contribution is 7.89. The van der Waals surface area contributed by atoms with Crippen LogP contribution in [0.1, 0.15) is 45.0 Å². The van der Waals surface area contributed by atoms with Crippen LogP contribution in [-0.2, 0) is 10.0 Å². The Bertz CT molecular complexity index is 1020. The van der Waals surface area contributed by atoms with Crippen molar-refractivity contribution in [2.24, 2.45) is 0 Å². The van der Waals surface area contributed by atoms with Gasteiger partial charge in [-0.05, 0) is 73.6 Å². The van der Waals surface area contributed by atoms with Crippen molar-refractivity contribution in [3.05, 3.63) is 99.6 Å². The van der Waals surface area contributed by atoms with Crippen molar-refractivity contribution in [1.82, 2.24) is 4.72 Å². The van der Waals surface area contributed by atoms with E-state index < -0.39 is 16.1 Å². The Kier molecular flexibility index (Phi) is 5.73. The molecule has 0 atom stereocenters. The largest absolute Gasteiger partial charge is 0.241 e. The second-order valence-corrected chi connectivity index (χ2v) is 8.98. The topological polar surface area (TPSA) is 46.2 Å². The smallest absolute Gasteiger partial charge is 0.207 e. The van der Waals surface area contributed by atoms with E-state index in [0.29, 0.717) is 4.90 Å². The Morgan fingerprint density at radius 3 is 1.36 bits per heavy atom. The molecule has 0 radical (unpaired) electrons. The summed E-state index contributed by atoms with van der Waals surface area (Å²) in [6.07, 6.45) is 0.